The van der Waals surface area contributed by atoms with Crippen LogP contribution in [0.25, 0.3) is 0 Å². The molecule has 0 amide bonds. The van der Waals surface area contributed by atoms with Crippen LogP contribution in [-0.2, 0) is 0 Å². The molecule has 0 heterocycles. The SMILES string of the molecule is CCCC(C)COc1ccc(C(C)CO)cc1. The molecule has 17 heavy (non-hydrogen) atoms. The van der Waals surface area contributed by atoms with E-state index in [1.54, 1.807) is 0 Å². The van der Waals surface area contributed by atoms with Crippen LogP contribution in [0.2, 0.25) is 0 Å². The normalized spacial score (nSPS) is 14.4. The number of hydrogen-bond acceptors (Lipinski definition) is 2. The van der Waals surface area contributed by atoms with Crippen LogP contribution in [0.1, 0.15) is 45.1 Å². The molecule has 0 saturated heterocycles. The van der Waals surface area contributed by atoms with Crippen LogP contribution in [-0.4, -0.2) is 18.3 Å². The van der Waals surface area contributed by atoms with Crippen molar-refractivity contribution in [1.82, 2.24) is 0 Å². The maximum absolute atomic E-state index is 9.06. The van der Waals surface area contributed by atoms with E-state index >= 15 is 0 Å². The van der Waals surface area contributed by atoms with Crippen molar-refractivity contribution in [3.63, 3.8) is 0 Å². The molecule has 0 aliphatic heterocycles. The Morgan fingerprint density at radius 3 is 2.35 bits per heavy atom. The van der Waals surface area contributed by atoms with Crippen molar-refractivity contribution in [2.75, 3.05) is 13.2 Å². The van der Waals surface area contributed by atoms with Crippen molar-refractivity contribution in [3.05, 3.63) is 29.8 Å². The molecule has 0 aromatic heterocycles. The zero-order valence-corrected chi connectivity index (χ0v) is 11.1. The number of rotatable bonds is 7. The number of benzene rings is 1. The second-order valence-corrected chi connectivity index (χ2v) is 4.86. The molecule has 2 unspecified atom stereocenters. The van der Waals surface area contributed by atoms with Gasteiger partial charge in [-0.25, -0.2) is 0 Å². The second kappa shape index (κ2) is 7.33. The summed E-state index contributed by atoms with van der Waals surface area (Å²) in [5.41, 5.74) is 1.15. The van der Waals surface area contributed by atoms with E-state index in [-0.39, 0.29) is 12.5 Å². The minimum absolute atomic E-state index is 0.188. The Kier molecular flexibility index (Phi) is 6.06. The molecule has 0 aliphatic carbocycles. The lowest BCUT2D eigenvalue weighted by atomic mass is 10.0. The summed E-state index contributed by atoms with van der Waals surface area (Å²) in [6, 6.07) is 8.03. The molecule has 0 fully saturated rings. The Hall–Kier alpha value is -1.02. The van der Waals surface area contributed by atoms with Gasteiger partial charge in [-0.05, 0) is 30.0 Å². The largest absolute Gasteiger partial charge is 0.493 e. The molecule has 0 aliphatic rings. The van der Waals surface area contributed by atoms with Gasteiger partial charge in [-0.2, -0.15) is 0 Å². The van der Waals surface area contributed by atoms with Crippen molar-refractivity contribution in [3.8, 4) is 5.75 Å². The van der Waals surface area contributed by atoms with Crippen LogP contribution in [0, 0.1) is 5.92 Å². The molecule has 2 nitrogen and oxygen atoms in total. The van der Waals surface area contributed by atoms with Crippen LogP contribution in [0.5, 0.6) is 5.75 Å². The van der Waals surface area contributed by atoms with E-state index < -0.39 is 0 Å². The average Bonchev–Trinajstić information content (AvgIpc) is 2.36. The van der Waals surface area contributed by atoms with Gasteiger partial charge in [-0.3, -0.25) is 0 Å². The Balaban J connectivity index is 2.45. The molecule has 0 saturated carbocycles. The smallest absolute Gasteiger partial charge is 0.119 e. The molecule has 0 spiro atoms. The quantitative estimate of drug-likeness (QED) is 0.784. The Bertz CT molecular complexity index is 305. The first-order chi connectivity index (χ1) is 8.17. The molecule has 2 heteroatoms. The van der Waals surface area contributed by atoms with Gasteiger partial charge in [-0.15, -0.1) is 0 Å². The fourth-order valence-electron chi connectivity index (χ4n) is 1.81. The highest BCUT2D eigenvalue weighted by molar-refractivity contribution is 5.29. The summed E-state index contributed by atoms with van der Waals surface area (Å²) in [5.74, 6) is 1.72. The summed E-state index contributed by atoms with van der Waals surface area (Å²) in [6.45, 7) is 7.39. The van der Waals surface area contributed by atoms with Gasteiger partial charge in [0.15, 0.2) is 0 Å². The number of aliphatic hydroxyl groups is 1. The van der Waals surface area contributed by atoms with Gasteiger partial charge in [0.25, 0.3) is 0 Å². The van der Waals surface area contributed by atoms with Gasteiger partial charge < -0.3 is 9.84 Å². The molecule has 1 N–H and O–H groups in total. The molecule has 0 bridgehead atoms. The van der Waals surface area contributed by atoms with Crippen molar-refractivity contribution in [2.24, 2.45) is 5.92 Å². The molecular formula is C15H24O2. The maximum Gasteiger partial charge on any atom is 0.119 e. The van der Waals surface area contributed by atoms with Gasteiger partial charge in [0, 0.05) is 12.5 Å². The summed E-state index contributed by atoms with van der Waals surface area (Å²) in [5, 5.41) is 9.06. The predicted octanol–water partition coefficient (Wildman–Crippen LogP) is 3.60. The zero-order chi connectivity index (χ0) is 12.7. The van der Waals surface area contributed by atoms with Crippen molar-refractivity contribution in [2.45, 2.75) is 39.5 Å². The first-order valence-electron chi connectivity index (χ1n) is 6.51. The predicted molar refractivity (Wildman–Crippen MR) is 71.5 cm³/mol. The highest BCUT2D eigenvalue weighted by Crippen LogP contribution is 2.19. The monoisotopic (exact) mass is 236 g/mol. The van der Waals surface area contributed by atoms with Crippen molar-refractivity contribution < 1.29 is 9.84 Å². The summed E-state index contributed by atoms with van der Waals surface area (Å²) in [4.78, 5) is 0. The summed E-state index contributed by atoms with van der Waals surface area (Å²) >= 11 is 0. The highest BCUT2D eigenvalue weighted by Gasteiger charge is 2.05. The molecule has 96 valence electrons. The van der Waals surface area contributed by atoms with E-state index in [1.807, 2.05) is 31.2 Å². The third-order valence-corrected chi connectivity index (χ3v) is 3.04. The first-order valence-corrected chi connectivity index (χ1v) is 6.51. The lowest BCUT2D eigenvalue weighted by molar-refractivity contribution is 0.251. The van der Waals surface area contributed by atoms with E-state index in [4.69, 9.17) is 9.84 Å². The number of ether oxygens (including phenoxy) is 1. The van der Waals surface area contributed by atoms with Gasteiger partial charge >= 0.3 is 0 Å². The summed E-state index contributed by atoms with van der Waals surface area (Å²) < 4.78 is 5.73. The lowest BCUT2D eigenvalue weighted by Gasteiger charge is -2.13. The van der Waals surface area contributed by atoms with Crippen LogP contribution < -0.4 is 4.74 Å². The fourth-order valence-corrected chi connectivity index (χ4v) is 1.81. The van der Waals surface area contributed by atoms with Gasteiger partial charge in [0.1, 0.15) is 5.75 Å². The molecule has 0 radical (unpaired) electrons. The minimum atomic E-state index is 0.188. The highest BCUT2D eigenvalue weighted by atomic mass is 16.5. The van der Waals surface area contributed by atoms with Crippen LogP contribution in [0.3, 0.4) is 0 Å². The fraction of sp³-hybridized carbons (Fsp3) is 0.600. The topological polar surface area (TPSA) is 29.5 Å². The summed E-state index contributed by atoms with van der Waals surface area (Å²) in [7, 11) is 0. The average molecular weight is 236 g/mol. The maximum atomic E-state index is 9.06. The molecule has 1 rings (SSSR count). The number of hydrogen-bond donors (Lipinski definition) is 1. The zero-order valence-electron chi connectivity index (χ0n) is 11.1. The first kappa shape index (κ1) is 14.0. The van der Waals surface area contributed by atoms with Crippen molar-refractivity contribution in [1.29, 1.82) is 0 Å². The van der Waals surface area contributed by atoms with E-state index in [2.05, 4.69) is 13.8 Å². The van der Waals surface area contributed by atoms with E-state index in [9.17, 15) is 0 Å². The lowest BCUT2D eigenvalue weighted by Crippen LogP contribution is -2.08. The van der Waals surface area contributed by atoms with E-state index in [0.29, 0.717) is 5.92 Å². The van der Waals surface area contributed by atoms with E-state index in [0.717, 1.165) is 17.9 Å². The van der Waals surface area contributed by atoms with Gasteiger partial charge in [-0.1, -0.05) is 39.3 Å². The minimum Gasteiger partial charge on any atom is -0.493 e. The van der Waals surface area contributed by atoms with E-state index in [1.165, 1.54) is 12.8 Å². The second-order valence-electron chi connectivity index (χ2n) is 4.86. The van der Waals surface area contributed by atoms with Gasteiger partial charge in [0.2, 0.25) is 0 Å². The Labute approximate surface area is 105 Å². The molecule has 1 aromatic rings. The molecular weight excluding hydrogens is 212 g/mol. The molecule has 1 aromatic carbocycles. The Morgan fingerprint density at radius 2 is 1.82 bits per heavy atom. The van der Waals surface area contributed by atoms with Gasteiger partial charge in [0.05, 0.1) is 6.61 Å². The molecule has 2 atom stereocenters. The third kappa shape index (κ3) is 4.78. The number of aliphatic hydroxyl groups excluding tert-OH is 1. The van der Waals surface area contributed by atoms with Crippen LogP contribution >= 0.6 is 0 Å². The summed E-state index contributed by atoms with van der Waals surface area (Å²) in [6.07, 6.45) is 2.41. The van der Waals surface area contributed by atoms with Crippen LogP contribution in [0.15, 0.2) is 24.3 Å². The third-order valence-electron chi connectivity index (χ3n) is 3.04. The standard InChI is InChI=1S/C15H24O2/c1-4-5-12(2)11-17-15-8-6-14(7-9-15)13(3)10-16/h6-9,12-13,16H,4-5,10-11H2,1-3H3. The van der Waals surface area contributed by atoms with Crippen molar-refractivity contribution >= 4 is 0 Å². The Morgan fingerprint density at radius 1 is 1.18 bits per heavy atom. The van der Waals surface area contributed by atoms with Crippen LogP contribution in [0.4, 0.5) is 0 Å².